The van der Waals surface area contributed by atoms with Crippen LogP contribution in [0.15, 0.2) is 23.0 Å². The fourth-order valence-electron chi connectivity index (χ4n) is 2.35. The minimum absolute atomic E-state index is 0.108. The summed E-state index contributed by atoms with van der Waals surface area (Å²) in [6.07, 6.45) is 3.80. The number of pyridine rings is 1. The molecule has 8 heteroatoms. The molecule has 1 atom stereocenters. The summed E-state index contributed by atoms with van der Waals surface area (Å²) in [6.45, 7) is 2.41. The van der Waals surface area contributed by atoms with Gasteiger partial charge in [0.15, 0.2) is 9.84 Å². The third-order valence-corrected chi connectivity index (χ3v) is 5.21. The molecule has 0 bridgehead atoms. The van der Waals surface area contributed by atoms with Gasteiger partial charge >= 0.3 is 0 Å². The van der Waals surface area contributed by atoms with Gasteiger partial charge in [0.2, 0.25) is 11.7 Å². The van der Waals surface area contributed by atoms with Crippen molar-refractivity contribution < 1.29 is 12.9 Å². The zero-order valence-corrected chi connectivity index (χ0v) is 12.4. The van der Waals surface area contributed by atoms with Crippen LogP contribution in [0.5, 0.6) is 0 Å². The van der Waals surface area contributed by atoms with Gasteiger partial charge in [-0.25, -0.2) is 8.42 Å². The molecule has 0 saturated carbocycles. The minimum atomic E-state index is -2.97. The highest BCUT2D eigenvalue weighted by Gasteiger charge is 2.26. The number of nitrogens with one attached hydrogen (secondary N) is 1. The van der Waals surface area contributed by atoms with Crippen molar-refractivity contribution in [3.8, 4) is 11.4 Å². The summed E-state index contributed by atoms with van der Waals surface area (Å²) >= 11 is 0. The molecule has 1 fully saturated rings. The molecule has 1 N–H and O–H groups in total. The summed E-state index contributed by atoms with van der Waals surface area (Å²) in [6, 6.07) is 1.70. The lowest BCUT2D eigenvalue weighted by molar-refractivity contribution is 0.361. The third-order valence-electron chi connectivity index (χ3n) is 3.47. The Hall–Kier alpha value is -1.80. The van der Waals surface area contributed by atoms with Crippen molar-refractivity contribution in [3.05, 3.63) is 29.9 Å². The topological polar surface area (TPSA) is 98.0 Å². The Kier molecular flexibility index (Phi) is 3.73. The summed E-state index contributed by atoms with van der Waals surface area (Å²) in [7, 11) is -2.97. The molecule has 0 amide bonds. The first kappa shape index (κ1) is 14.2. The van der Waals surface area contributed by atoms with Crippen molar-refractivity contribution >= 4 is 9.84 Å². The highest BCUT2D eigenvalue weighted by molar-refractivity contribution is 7.91. The molecule has 0 aliphatic carbocycles. The Morgan fingerprint density at radius 3 is 3.10 bits per heavy atom. The number of rotatable bonds is 3. The van der Waals surface area contributed by atoms with E-state index in [4.69, 9.17) is 4.52 Å². The lowest BCUT2D eigenvalue weighted by atomic mass is 10.1. The van der Waals surface area contributed by atoms with Gasteiger partial charge in [0, 0.05) is 37.0 Å². The van der Waals surface area contributed by atoms with Crippen LogP contribution >= 0.6 is 0 Å². The Bertz CT molecular complexity index is 741. The number of hydrogen-bond acceptors (Lipinski definition) is 7. The van der Waals surface area contributed by atoms with E-state index in [1.807, 2.05) is 13.0 Å². The van der Waals surface area contributed by atoms with Crippen LogP contribution in [0, 0.1) is 6.92 Å². The van der Waals surface area contributed by atoms with Gasteiger partial charge in [-0.15, -0.1) is 0 Å². The first-order valence-electron chi connectivity index (χ1n) is 6.71. The Labute approximate surface area is 122 Å². The summed E-state index contributed by atoms with van der Waals surface area (Å²) in [5, 5.41) is 7.11. The van der Waals surface area contributed by atoms with Crippen LogP contribution in [0.4, 0.5) is 0 Å². The predicted octanol–water partition coefficient (Wildman–Crippen LogP) is 0.369. The van der Waals surface area contributed by atoms with Crippen LogP contribution in [-0.2, 0) is 16.3 Å². The van der Waals surface area contributed by atoms with Gasteiger partial charge in [-0.3, -0.25) is 4.98 Å². The minimum Gasteiger partial charge on any atom is -0.339 e. The number of hydrogen-bond donors (Lipinski definition) is 1. The van der Waals surface area contributed by atoms with E-state index in [2.05, 4.69) is 20.4 Å². The highest BCUT2D eigenvalue weighted by Crippen LogP contribution is 2.19. The van der Waals surface area contributed by atoms with E-state index in [0.717, 1.165) is 11.1 Å². The maximum atomic E-state index is 11.6. The molecule has 1 saturated heterocycles. The van der Waals surface area contributed by atoms with E-state index in [9.17, 15) is 8.42 Å². The fraction of sp³-hybridized carbons (Fsp3) is 0.462. The molecular weight excluding hydrogens is 292 g/mol. The number of aromatic nitrogens is 3. The van der Waals surface area contributed by atoms with E-state index in [1.165, 1.54) is 0 Å². The van der Waals surface area contributed by atoms with Crippen LogP contribution in [-0.4, -0.2) is 47.6 Å². The van der Waals surface area contributed by atoms with Crippen LogP contribution in [0.1, 0.15) is 11.5 Å². The lowest BCUT2D eigenvalue weighted by Crippen LogP contribution is -2.46. The molecule has 112 valence electrons. The monoisotopic (exact) mass is 308 g/mol. The first-order chi connectivity index (χ1) is 10.0. The summed E-state index contributed by atoms with van der Waals surface area (Å²) < 4.78 is 28.4. The molecule has 0 aromatic carbocycles. The molecular formula is C13H16N4O3S. The van der Waals surface area contributed by atoms with Crippen molar-refractivity contribution in [3.63, 3.8) is 0 Å². The number of nitrogens with zero attached hydrogens (tertiary/aromatic N) is 3. The van der Waals surface area contributed by atoms with Crippen molar-refractivity contribution in [2.75, 3.05) is 18.1 Å². The van der Waals surface area contributed by atoms with Gasteiger partial charge in [-0.2, -0.15) is 4.98 Å². The maximum Gasteiger partial charge on any atom is 0.228 e. The SMILES string of the molecule is Cc1ccncc1-c1noc(CC2CS(=O)(=O)CCN2)n1. The Morgan fingerprint density at radius 1 is 1.48 bits per heavy atom. The lowest BCUT2D eigenvalue weighted by Gasteiger charge is -2.21. The van der Waals surface area contributed by atoms with E-state index in [1.54, 1.807) is 12.4 Å². The zero-order valence-electron chi connectivity index (χ0n) is 11.6. The van der Waals surface area contributed by atoms with E-state index in [0.29, 0.717) is 24.7 Å². The molecule has 0 radical (unpaired) electrons. The number of sulfone groups is 1. The fourth-order valence-corrected chi connectivity index (χ4v) is 3.80. The van der Waals surface area contributed by atoms with Crippen molar-refractivity contribution in [2.45, 2.75) is 19.4 Å². The van der Waals surface area contributed by atoms with E-state index >= 15 is 0 Å². The molecule has 21 heavy (non-hydrogen) atoms. The quantitative estimate of drug-likeness (QED) is 0.874. The summed E-state index contributed by atoms with van der Waals surface area (Å²) in [5.74, 6) is 1.21. The molecule has 3 rings (SSSR count). The summed E-state index contributed by atoms with van der Waals surface area (Å²) in [5.41, 5.74) is 1.83. The second-order valence-corrected chi connectivity index (χ2v) is 7.40. The number of aryl methyl sites for hydroxylation is 1. The van der Waals surface area contributed by atoms with Crippen LogP contribution in [0.25, 0.3) is 11.4 Å². The van der Waals surface area contributed by atoms with Crippen LogP contribution in [0.2, 0.25) is 0 Å². The van der Waals surface area contributed by atoms with Gasteiger partial charge in [-0.05, 0) is 18.6 Å². The molecule has 1 unspecified atom stereocenters. The standard InChI is InChI=1S/C13H16N4O3S/c1-9-2-3-14-7-11(9)13-16-12(20-17-13)6-10-8-21(18,19)5-4-15-10/h2-3,7,10,15H,4-6,8H2,1H3. The molecule has 7 nitrogen and oxygen atoms in total. The molecule has 1 aliphatic rings. The van der Waals surface area contributed by atoms with Gasteiger partial charge in [0.1, 0.15) is 0 Å². The summed E-state index contributed by atoms with van der Waals surface area (Å²) in [4.78, 5) is 8.38. The van der Waals surface area contributed by atoms with Gasteiger partial charge < -0.3 is 9.84 Å². The average Bonchev–Trinajstić information content (AvgIpc) is 2.86. The van der Waals surface area contributed by atoms with Crippen LogP contribution in [0.3, 0.4) is 0 Å². The molecule has 3 heterocycles. The predicted molar refractivity (Wildman–Crippen MR) is 76.4 cm³/mol. The third kappa shape index (κ3) is 3.27. The normalized spacial score (nSPS) is 21.3. The van der Waals surface area contributed by atoms with Gasteiger partial charge in [0.05, 0.1) is 11.5 Å². The molecule has 2 aromatic heterocycles. The maximum absolute atomic E-state index is 11.6. The van der Waals surface area contributed by atoms with Crippen LogP contribution < -0.4 is 5.32 Å². The molecule has 2 aromatic rings. The van der Waals surface area contributed by atoms with E-state index < -0.39 is 9.84 Å². The second-order valence-electron chi connectivity index (χ2n) is 5.17. The second kappa shape index (κ2) is 5.53. The van der Waals surface area contributed by atoms with Crippen molar-refractivity contribution in [2.24, 2.45) is 0 Å². The van der Waals surface area contributed by atoms with Crippen molar-refractivity contribution in [1.82, 2.24) is 20.4 Å². The van der Waals surface area contributed by atoms with Crippen molar-refractivity contribution in [1.29, 1.82) is 0 Å². The Balaban J connectivity index is 1.75. The smallest absolute Gasteiger partial charge is 0.228 e. The average molecular weight is 308 g/mol. The first-order valence-corrected chi connectivity index (χ1v) is 8.53. The largest absolute Gasteiger partial charge is 0.339 e. The highest BCUT2D eigenvalue weighted by atomic mass is 32.2. The van der Waals surface area contributed by atoms with Gasteiger partial charge in [0.25, 0.3) is 0 Å². The Morgan fingerprint density at radius 2 is 2.33 bits per heavy atom. The zero-order chi connectivity index (χ0) is 14.9. The van der Waals surface area contributed by atoms with Gasteiger partial charge in [-0.1, -0.05) is 5.16 Å². The molecule has 1 aliphatic heterocycles. The van der Waals surface area contributed by atoms with E-state index in [-0.39, 0.29) is 17.5 Å². The molecule has 0 spiro atoms.